The third kappa shape index (κ3) is 2.68. The quantitative estimate of drug-likeness (QED) is 0.916. The Bertz CT molecular complexity index is 597. The maximum atomic E-state index is 11.0. The molecule has 0 bridgehead atoms. The maximum Gasteiger partial charge on any atom is 0.306 e. The SMILES string of the molecule is O=C(O)C1CCC(c2nc(Cc3cccnc3)no2)C1. The number of carbonyl (C=O) groups is 1. The van der Waals surface area contributed by atoms with Crippen LogP contribution in [-0.2, 0) is 11.2 Å². The first-order valence-electron chi connectivity index (χ1n) is 6.66. The minimum Gasteiger partial charge on any atom is -0.481 e. The summed E-state index contributed by atoms with van der Waals surface area (Å²) < 4.78 is 5.27. The molecule has 2 heterocycles. The fourth-order valence-electron chi connectivity index (χ4n) is 2.62. The summed E-state index contributed by atoms with van der Waals surface area (Å²) in [6.07, 6.45) is 6.13. The second kappa shape index (κ2) is 5.40. The summed E-state index contributed by atoms with van der Waals surface area (Å²) in [5.74, 6) is 0.238. The Balaban J connectivity index is 1.67. The van der Waals surface area contributed by atoms with Crippen LogP contribution >= 0.6 is 0 Å². The molecule has 6 nitrogen and oxygen atoms in total. The van der Waals surface area contributed by atoms with Crippen LogP contribution < -0.4 is 0 Å². The normalized spacial score (nSPS) is 22.0. The van der Waals surface area contributed by atoms with Gasteiger partial charge in [-0.2, -0.15) is 4.98 Å². The molecule has 0 spiro atoms. The monoisotopic (exact) mass is 273 g/mol. The molecule has 20 heavy (non-hydrogen) atoms. The van der Waals surface area contributed by atoms with Crippen LogP contribution in [0.5, 0.6) is 0 Å². The van der Waals surface area contributed by atoms with Gasteiger partial charge in [0.05, 0.1) is 5.92 Å². The van der Waals surface area contributed by atoms with Crippen LogP contribution in [0, 0.1) is 5.92 Å². The summed E-state index contributed by atoms with van der Waals surface area (Å²) >= 11 is 0. The molecule has 1 aliphatic carbocycles. The molecular formula is C14H15N3O3. The lowest BCUT2D eigenvalue weighted by Crippen LogP contribution is -2.09. The highest BCUT2D eigenvalue weighted by Gasteiger charge is 2.33. The lowest BCUT2D eigenvalue weighted by molar-refractivity contribution is -0.141. The van der Waals surface area contributed by atoms with Crippen molar-refractivity contribution in [3.05, 3.63) is 41.8 Å². The van der Waals surface area contributed by atoms with E-state index in [0.29, 0.717) is 31.0 Å². The van der Waals surface area contributed by atoms with Gasteiger partial charge in [0.15, 0.2) is 5.82 Å². The number of carboxylic acids is 1. The Morgan fingerprint density at radius 2 is 2.35 bits per heavy atom. The molecule has 0 radical (unpaired) electrons. The Hall–Kier alpha value is -2.24. The van der Waals surface area contributed by atoms with Crippen molar-refractivity contribution in [3.8, 4) is 0 Å². The zero-order chi connectivity index (χ0) is 13.9. The van der Waals surface area contributed by atoms with E-state index in [-0.39, 0.29) is 11.8 Å². The van der Waals surface area contributed by atoms with Gasteiger partial charge in [-0.3, -0.25) is 9.78 Å². The second-order valence-electron chi connectivity index (χ2n) is 5.13. The summed E-state index contributed by atoms with van der Waals surface area (Å²) in [5, 5.41) is 13.0. The van der Waals surface area contributed by atoms with Gasteiger partial charge in [0.1, 0.15) is 0 Å². The predicted molar refractivity (Wildman–Crippen MR) is 69.1 cm³/mol. The van der Waals surface area contributed by atoms with Crippen LogP contribution in [0.15, 0.2) is 29.0 Å². The highest BCUT2D eigenvalue weighted by atomic mass is 16.5. The van der Waals surface area contributed by atoms with Gasteiger partial charge in [0.2, 0.25) is 5.89 Å². The standard InChI is InChI=1S/C14H15N3O3/c18-14(19)11-4-3-10(7-11)13-16-12(17-20-13)6-9-2-1-5-15-8-9/h1-2,5,8,10-11H,3-4,6-7H2,(H,18,19). The Kier molecular flexibility index (Phi) is 3.45. The molecule has 2 aromatic heterocycles. The van der Waals surface area contributed by atoms with E-state index in [1.54, 1.807) is 12.4 Å². The molecule has 1 fully saturated rings. The van der Waals surface area contributed by atoms with Crippen molar-refractivity contribution in [2.75, 3.05) is 0 Å². The number of pyridine rings is 1. The lowest BCUT2D eigenvalue weighted by Gasteiger charge is -2.02. The molecule has 0 saturated heterocycles. The highest BCUT2D eigenvalue weighted by Crippen LogP contribution is 2.37. The molecule has 1 saturated carbocycles. The average molecular weight is 273 g/mol. The van der Waals surface area contributed by atoms with E-state index in [0.717, 1.165) is 12.0 Å². The van der Waals surface area contributed by atoms with Crippen molar-refractivity contribution in [3.63, 3.8) is 0 Å². The molecule has 6 heteroatoms. The number of aliphatic carboxylic acids is 1. The Morgan fingerprint density at radius 3 is 3.05 bits per heavy atom. The minimum absolute atomic E-state index is 0.0752. The fraction of sp³-hybridized carbons (Fsp3) is 0.429. The zero-order valence-electron chi connectivity index (χ0n) is 10.9. The molecule has 2 atom stereocenters. The third-order valence-corrected chi connectivity index (χ3v) is 3.70. The van der Waals surface area contributed by atoms with Crippen molar-refractivity contribution in [1.29, 1.82) is 0 Å². The molecule has 104 valence electrons. The Labute approximate surface area is 115 Å². The van der Waals surface area contributed by atoms with Crippen molar-refractivity contribution in [2.45, 2.75) is 31.6 Å². The van der Waals surface area contributed by atoms with Gasteiger partial charge in [-0.05, 0) is 30.9 Å². The van der Waals surface area contributed by atoms with E-state index in [1.165, 1.54) is 0 Å². The topological polar surface area (TPSA) is 89.1 Å². The van der Waals surface area contributed by atoms with Gasteiger partial charge in [-0.15, -0.1) is 0 Å². The number of aromatic nitrogens is 3. The number of hydrogen-bond acceptors (Lipinski definition) is 5. The molecule has 0 aliphatic heterocycles. The summed E-state index contributed by atoms with van der Waals surface area (Å²) in [4.78, 5) is 19.4. The molecule has 2 aromatic rings. The van der Waals surface area contributed by atoms with Gasteiger partial charge >= 0.3 is 5.97 Å². The predicted octanol–water partition coefficient (Wildman–Crippen LogP) is 2.02. The van der Waals surface area contributed by atoms with E-state index in [9.17, 15) is 4.79 Å². The molecule has 0 amide bonds. The van der Waals surface area contributed by atoms with Gasteiger partial charge in [-0.1, -0.05) is 11.2 Å². The van der Waals surface area contributed by atoms with Crippen LogP contribution in [0.25, 0.3) is 0 Å². The first-order chi connectivity index (χ1) is 9.72. The van der Waals surface area contributed by atoms with E-state index in [1.807, 2.05) is 12.1 Å². The van der Waals surface area contributed by atoms with Crippen LogP contribution in [-0.4, -0.2) is 26.2 Å². The van der Waals surface area contributed by atoms with E-state index < -0.39 is 5.97 Å². The average Bonchev–Trinajstić information content (AvgIpc) is 3.08. The summed E-state index contributed by atoms with van der Waals surface area (Å²) in [7, 11) is 0. The van der Waals surface area contributed by atoms with Crippen molar-refractivity contribution < 1.29 is 14.4 Å². The molecule has 2 unspecified atom stereocenters. The second-order valence-corrected chi connectivity index (χ2v) is 5.13. The number of rotatable bonds is 4. The Morgan fingerprint density at radius 1 is 1.45 bits per heavy atom. The number of nitrogens with zero attached hydrogens (tertiary/aromatic N) is 3. The van der Waals surface area contributed by atoms with E-state index in [2.05, 4.69) is 15.1 Å². The van der Waals surface area contributed by atoms with Crippen molar-refractivity contribution in [1.82, 2.24) is 15.1 Å². The van der Waals surface area contributed by atoms with Gasteiger partial charge < -0.3 is 9.63 Å². The fourth-order valence-corrected chi connectivity index (χ4v) is 2.62. The summed E-state index contributed by atoms with van der Waals surface area (Å²) in [5.41, 5.74) is 1.02. The summed E-state index contributed by atoms with van der Waals surface area (Å²) in [6, 6.07) is 3.82. The smallest absolute Gasteiger partial charge is 0.306 e. The maximum absolute atomic E-state index is 11.0. The number of hydrogen-bond donors (Lipinski definition) is 1. The van der Waals surface area contributed by atoms with Crippen molar-refractivity contribution >= 4 is 5.97 Å². The van der Waals surface area contributed by atoms with Crippen LogP contribution in [0.3, 0.4) is 0 Å². The number of carboxylic acid groups (broad SMARTS) is 1. The molecule has 0 aromatic carbocycles. The van der Waals surface area contributed by atoms with Gasteiger partial charge in [0.25, 0.3) is 0 Å². The third-order valence-electron chi connectivity index (χ3n) is 3.70. The van der Waals surface area contributed by atoms with Crippen LogP contribution in [0.4, 0.5) is 0 Å². The van der Waals surface area contributed by atoms with Crippen molar-refractivity contribution in [2.24, 2.45) is 5.92 Å². The molecule has 1 aliphatic rings. The largest absolute Gasteiger partial charge is 0.481 e. The van der Waals surface area contributed by atoms with Crippen LogP contribution in [0.1, 0.15) is 42.5 Å². The lowest BCUT2D eigenvalue weighted by atomic mass is 10.1. The summed E-state index contributed by atoms with van der Waals surface area (Å²) in [6.45, 7) is 0. The zero-order valence-corrected chi connectivity index (χ0v) is 10.9. The van der Waals surface area contributed by atoms with E-state index in [4.69, 9.17) is 9.63 Å². The van der Waals surface area contributed by atoms with Gasteiger partial charge in [-0.25, -0.2) is 0 Å². The highest BCUT2D eigenvalue weighted by molar-refractivity contribution is 5.70. The molecular weight excluding hydrogens is 258 g/mol. The van der Waals surface area contributed by atoms with Gasteiger partial charge in [0, 0.05) is 24.7 Å². The molecule has 1 N–H and O–H groups in total. The van der Waals surface area contributed by atoms with E-state index >= 15 is 0 Å². The minimum atomic E-state index is -0.734. The first kappa shape index (κ1) is 12.8. The van der Waals surface area contributed by atoms with Crippen LogP contribution in [0.2, 0.25) is 0 Å². The first-order valence-corrected chi connectivity index (χ1v) is 6.66. The molecule has 3 rings (SSSR count).